The van der Waals surface area contributed by atoms with Crippen LogP contribution in [0.4, 0.5) is 4.79 Å². The number of rotatable bonds is 8. The van der Waals surface area contributed by atoms with Crippen molar-refractivity contribution in [3.8, 4) is 5.75 Å². The first-order valence-corrected chi connectivity index (χ1v) is 14.1. The van der Waals surface area contributed by atoms with Crippen LogP contribution in [-0.4, -0.2) is 51.9 Å². The van der Waals surface area contributed by atoms with E-state index >= 15 is 0 Å². The SMILES string of the molecule is COc1ccc2c(c1)CC[C@H]1[C@@H]3[C@H](CCCNC(=O)NC4=CC(OC)C(OC)C=C4)CC(=O)[C@@]3(C)CC[C@H]21. The number of aryl methyl sites for hydroxylation is 1. The van der Waals surface area contributed by atoms with Crippen LogP contribution in [0.15, 0.2) is 42.1 Å². The predicted molar refractivity (Wildman–Crippen MR) is 146 cm³/mol. The van der Waals surface area contributed by atoms with E-state index in [0.29, 0.717) is 48.1 Å². The van der Waals surface area contributed by atoms with Gasteiger partial charge < -0.3 is 24.8 Å². The Balaban J connectivity index is 1.17. The minimum absolute atomic E-state index is 0.159. The van der Waals surface area contributed by atoms with Crippen LogP contribution >= 0.6 is 0 Å². The fraction of sp³-hybridized carbons (Fsp3) is 0.613. The molecule has 0 radical (unpaired) electrons. The van der Waals surface area contributed by atoms with E-state index in [-0.39, 0.29) is 23.7 Å². The fourth-order valence-electron chi connectivity index (χ4n) is 7.89. The molecule has 0 heterocycles. The summed E-state index contributed by atoms with van der Waals surface area (Å²) in [5, 5.41) is 5.89. The van der Waals surface area contributed by atoms with Crippen molar-refractivity contribution in [3.05, 3.63) is 53.3 Å². The van der Waals surface area contributed by atoms with E-state index in [1.807, 2.05) is 18.2 Å². The van der Waals surface area contributed by atoms with E-state index in [0.717, 1.165) is 44.3 Å². The van der Waals surface area contributed by atoms with E-state index in [1.165, 1.54) is 11.1 Å². The third-order valence-electron chi connectivity index (χ3n) is 9.75. The van der Waals surface area contributed by atoms with Gasteiger partial charge in [0.15, 0.2) is 0 Å². The molecule has 38 heavy (non-hydrogen) atoms. The number of ether oxygens (including phenoxy) is 3. The molecule has 0 bridgehead atoms. The average Bonchev–Trinajstić information content (AvgIpc) is 3.19. The van der Waals surface area contributed by atoms with E-state index < -0.39 is 0 Å². The molecule has 5 rings (SSSR count). The van der Waals surface area contributed by atoms with Gasteiger partial charge in [0.1, 0.15) is 23.7 Å². The number of urea groups is 1. The van der Waals surface area contributed by atoms with Gasteiger partial charge in [0.25, 0.3) is 0 Å². The Morgan fingerprint density at radius 3 is 2.71 bits per heavy atom. The summed E-state index contributed by atoms with van der Waals surface area (Å²) in [6.07, 6.45) is 12.0. The van der Waals surface area contributed by atoms with Crippen molar-refractivity contribution in [2.24, 2.45) is 23.2 Å². The number of amides is 2. The molecule has 4 aliphatic carbocycles. The van der Waals surface area contributed by atoms with Crippen molar-refractivity contribution in [2.45, 2.75) is 70.0 Å². The number of fused-ring (bicyclic) bond motifs is 5. The lowest BCUT2D eigenvalue weighted by atomic mass is 9.54. The fourth-order valence-corrected chi connectivity index (χ4v) is 7.89. The van der Waals surface area contributed by atoms with Crippen molar-refractivity contribution >= 4 is 11.8 Å². The molecule has 4 aliphatic rings. The van der Waals surface area contributed by atoms with Crippen LogP contribution in [0.3, 0.4) is 0 Å². The highest BCUT2D eigenvalue weighted by atomic mass is 16.5. The Labute approximate surface area is 226 Å². The molecule has 0 spiro atoms. The summed E-state index contributed by atoms with van der Waals surface area (Å²) in [7, 11) is 4.99. The minimum atomic E-state index is -0.234. The first-order valence-electron chi connectivity index (χ1n) is 14.1. The smallest absolute Gasteiger partial charge is 0.319 e. The monoisotopic (exact) mass is 522 g/mol. The number of ketones is 1. The second kappa shape index (κ2) is 11.2. The maximum Gasteiger partial charge on any atom is 0.319 e. The molecule has 1 aromatic carbocycles. The topological polar surface area (TPSA) is 85.9 Å². The van der Waals surface area contributed by atoms with Crippen LogP contribution in [0, 0.1) is 23.2 Å². The van der Waals surface area contributed by atoms with E-state index in [9.17, 15) is 9.59 Å². The van der Waals surface area contributed by atoms with Gasteiger partial charge in [0, 0.05) is 38.3 Å². The first kappa shape index (κ1) is 26.9. The molecule has 0 saturated heterocycles. The van der Waals surface area contributed by atoms with Gasteiger partial charge in [-0.3, -0.25) is 4.79 Å². The van der Waals surface area contributed by atoms with E-state index in [1.54, 1.807) is 21.3 Å². The number of carbonyl (C=O) groups is 2. The van der Waals surface area contributed by atoms with Crippen LogP contribution in [0.1, 0.15) is 62.5 Å². The number of Topliss-reactive ketones (excluding diaryl/α,β-unsaturated/α-hetero) is 1. The number of benzene rings is 1. The molecular weight excluding hydrogens is 480 g/mol. The summed E-state index contributed by atoms with van der Waals surface area (Å²) in [6.45, 7) is 2.82. The second-order valence-electron chi connectivity index (χ2n) is 11.6. The van der Waals surface area contributed by atoms with Crippen LogP contribution < -0.4 is 15.4 Å². The van der Waals surface area contributed by atoms with Crippen LogP contribution in [0.2, 0.25) is 0 Å². The highest BCUT2D eigenvalue weighted by Gasteiger charge is 2.58. The normalized spacial score (nSPS) is 33.6. The number of hydrogen-bond acceptors (Lipinski definition) is 5. The molecule has 0 aliphatic heterocycles. The maximum atomic E-state index is 13.3. The largest absolute Gasteiger partial charge is 0.497 e. The minimum Gasteiger partial charge on any atom is -0.497 e. The van der Waals surface area contributed by atoms with Gasteiger partial charge in [0.2, 0.25) is 0 Å². The zero-order chi connectivity index (χ0) is 26.9. The second-order valence-corrected chi connectivity index (χ2v) is 11.6. The van der Waals surface area contributed by atoms with Crippen molar-refractivity contribution in [3.63, 3.8) is 0 Å². The Morgan fingerprint density at radius 2 is 1.95 bits per heavy atom. The Hall–Kier alpha value is -2.64. The molecule has 206 valence electrons. The lowest BCUT2D eigenvalue weighted by Gasteiger charge is -2.50. The van der Waals surface area contributed by atoms with Gasteiger partial charge in [-0.25, -0.2) is 4.79 Å². The highest BCUT2D eigenvalue weighted by Crippen LogP contribution is 2.62. The van der Waals surface area contributed by atoms with Crippen molar-refractivity contribution in [2.75, 3.05) is 27.9 Å². The molecule has 2 fully saturated rings. The van der Waals surface area contributed by atoms with Crippen molar-refractivity contribution in [1.29, 1.82) is 0 Å². The Morgan fingerprint density at radius 1 is 1.13 bits per heavy atom. The Kier molecular flexibility index (Phi) is 7.96. The first-order chi connectivity index (χ1) is 18.4. The zero-order valence-corrected chi connectivity index (χ0v) is 23.1. The van der Waals surface area contributed by atoms with E-state index in [2.05, 4.69) is 35.8 Å². The lowest BCUT2D eigenvalue weighted by Crippen LogP contribution is -2.44. The highest BCUT2D eigenvalue weighted by molar-refractivity contribution is 5.87. The summed E-state index contributed by atoms with van der Waals surface area (Å²) >= 11 is 0. The average molecular weight is 523 g/mol. The van der Waals surface area contributed by atoms with Gasteiger partial charge >= 0.3 is 6.03 Å². The molecule has 2 amide bonds. The number of nitrogens with one attached hydrogen (secondary N) is 2. The molecule has 0 aromatic heterocycles. The van der Waals surface area contributed by atoms with Gasteiger partial charge in [-0.05, 0) is 97.6 Å². The quantitative estimate of drug-likeness (QED) is 0.474. The third kappa shape index (κ3) is 5.03. The van der Waals surface area contributed by atoms with E-state index in [4.69, 9.17) is 14.2 Å². The summed E-state index contributed by atoms with van der Waals surface area (Å²) < 4.78 is 16.3. The summed E-state index contributed by atoms with van der Waals surface area (Å²) in [5.41, 5.74) is 3.39. The number of methoxy groups -OCH3 is 3. The molecule has 2 saturated carbocycles. The zero-order valence-electron chi connectivity index (χ0n) is 23.1. The number of allylic oxidation sites excluding steroid dienone is 1. The van der Waals surface area contributed by atoms with Crippen LogP contribution in [0.25, 0.3) is 0 Å². The molecule has 1 aromatic rings. The summed E-state index contributed by atoms with van der Waals surface area (Å²) in [4.78, 5) is 25.8. The van der Waals surface area contributed by atoms with Gasteiger partial charge in [-0.15, -0.1) is 0 Å². The molecule has 2 N–H and O–H groups in total. The maximum absolute atomic E-state index is 13.3. The van der Waals surface area contributed by atoms with Crippen LogP contribution in [-0.2, 0) is 20.7 Å². The summed E-state index contributed by atoms with van der Waals surface area (Å²) in [6, 6.07) is 6.34. The molecular formula is C31H42N2O5. The standard InChI is InChI=1S/C31H42N2O5/c1-31-14-13-24-23-11-9-22(36-2)16-19(23)7-10-25(24)29(31)20(17-28(31)34)6-5-15-32-30(35)33-21-8-12-26(37-3)27(18-21)38-4/h8-9,11-12,16,18,20,24-27,29H,5-7,10,13-15,17H2,1-4H3,(H2,32,33,35)/t20-,24-,25-,26?,27?,29+,31-/m1/s1. The molecule has 2 unspecified atom stereocenters. The van der Waals surface area contributed by atoms with Gasteiger partial charge in [-0.2, -0.15) is 0 Å². The van der Waals surface area contributed by atoms with Gasteiger partial charge in [0.05, 0.1) is 7.11 Å². The molecule has 7 atom stereocenters. The third-order valence-corrected chi connectivity index (χ3v) is 9.75. The van der Waals surface area contributed by atoms with Gasteiger partial charge in [-0.1, -0.05) is 19.1 Å². The molecule has 7 nitrogen and oxygen atoms in total. The summed E-state index contributed by atoms with van der Waals surface area (Å²) in [5.74, 6) is 3.29. The molecule has 7 heteroatoms. The Bertz CT molecular complexity index is 1110. The van der Waals surface area contributed by atoms with Crippen LogP contribution in [0.5, 0.6) is 5.75 Å². The predicted octanol–water partition coefficient (Wildman–Crippen LogP) is 4.91. The number of hydrogen-bond donors (Lipinski definition) is 2. The lowest BCUT2D eigenvalue weighted by molar-refractivity contribution is -0.129. The van der Waals surface area contributed by atoms with Crippen molar-refractivity contribution < 1.29 is 23.8 Å². The van der Waals surface area contributed by atoms with Crippen molar-refractivity contribution in [1.82, 2.24) is 10.6 Å². The number of carbonyl (C=O) groups excluding carboxylic acids is 2.